The number of hydrogen-bond acceptors (Lipinski definition) is 4. The molecule has 0 heterocycles. The number of nitrogens with one attached hydrogen (secondary N) is 2. The Morgan fingerprint density at radius 2 is 1.85 bits per heavy atom. The molecule has 0 radical (unpaired) electrons. The SMILES string of the molecule is CCCCCCC(C(=O)NO)[S+]([O-])CC(=O)Nc1ccc2ccccc2c1. The van der Waals surface area contributed by atoms with Crippen molar-refractivity contribution in [2.24, 2.45) is 0 Å². The molecule has 0 aliphatic heterocycles. The van der Waals surface area contributed by atoms with Crippen LogP contribution in [0.5, 0.6) is 0 Å². The number of hydroxylamine groups is 1. The van der Waals surface area contributed by atoms with E-state index in [0.717, 1.165) is 36.5 Å². The zero-order valence-corrected chi connectivity index (χ0v) is 16.3. The maximum absolute atomic E-state index is 12.5. The molecule has 3 N–H and O–H groups in total. The van der Waals surface area contributed by atoms with Gasteiger partial charge in [-0.2, -0.15) is 0 Å². The summed E-state index contributed by atoms with van der Waals surface area (Å²) in [4.78, 5) is 24.1. The Kier molecular flexibility index (Phi) is 8.57. The molecule has 0 saturated heterocycles. The van der Waals surface area contributed by atoms with Crippen LogP contribution < -0.4 is 10.8 Å². The second-order valence-electron chi connectivity index (χ2n) is 6.45. The fourth-order valence-electron chi connectivity index (χ4n) is 2.90. The van der Waals surface area contributed by atoms with E-state index in [1.165, 1.54) is 0 Å². The van der Waals surface area contributed by atoms with Crippen LogP contribution in [0.3, 0.4) is 0 Å². The van der Waals surface area contributed by atoms with Crippen LogP contribution >= 0.6 is 0 Å². The van der Waals surface area contributed by atoms with Crippen LogP contribution in [0.4, 0.5) is 5.69 Å². The Balaban J connectivity index is 1.94. The summed E-state index contributed by atoms with van der Waals surface area (Å²) < 4.78 is 12.5. The summed E-state index contributed by atoms with van der Waals surface area (Å²) in [7, 11) is 0. The van der Waals surface area contributed by atoms with E-state index in [2.05, 4.69) is 12.2 Å². The summed E-state index contributed by atoms with van der Waals surface area (Å²) in [5.41, 5.74) is 2.18. The molecule has 2 rings (SSSR count). The highest BCUT2D eigenvalue weighted by molar-refractivity contribution is 7.93. The lowest BCUT2D eigenvalue weighted by molar-refractivity contribution is -0.128. The smallest absolute Gasteiger partial charge is 0.296 e. The van der Waals surface area contributed by atoms with Crippen LogP contribution in [0.2, 0.25) is 0 Å². The largest absolute Gasteiger partial charge is 0.615 e. The molecule has 0 bridgehead atoms. The first-order valence-corrected chi connectivity index (χ1v) is 10.5. The summed E-state index contributed by atoms with van der Waals surface area (Å²) in [5, 5.41) is 12.8. The van der Waals surface area contributed by atoms with Crippen molar-refractivity contribution in [3.63, 3.8) is 0 Å². The average molecular weight is 391 g/mol. The van der Waals surface area contributed by atoms with Crippen LogP contribution in [0.1, 0.15) is 39.0 Å². The zero-order valence-electron chi connectivity index (χ0n) is 15.4. The van der Waals surface area contributed by atoms with Crippen molar-refractivity contribution in [2.45, 2.75) is 44.3 Å². The van der Waals surface area contributed by atoms with E-state index >= 15 is 0 Å². The van der Waals surface area contributed by atoms with Crippen molar-refractivity contribution in [3.8, 4) is 0 Å². The minimum atomic E-state index is -1.71. The Labute approximate surface area is 162 Å². The van der Waals surface area contributed by atoms with Crippen molar-refractivity contribution >= 4 is 39.5 Å². The van der Waals surface area contributed by atoms with Gasteiger partial charge in [0, 0.05) is 12.1 Å². The van der Waals surface area contributed by atoms with Crippen molar-refractivity contribution in [2.75, 3.05) is 11.1 Å². The molecular formula is C20H26N2O4S. The predicted octanol–water partition coefficient (Wildman–Crippen LogP) is 3.37. The number of anilines is 1. The summed E-state index contributed by atoms with van der Waals surface area (Å²) in [5.74, 6) is -1.42. The predicted molar refractivity (Wildman–Crippen MR) is 108 cm³/mol. The van der Waals surface area contributed by atoms with Crippen molar-refractivity contribution < 1.29 is 19.3 Å². The van der Waals surface area contributed by atoms with Crippen LogP contribution in [0.15, 0.2) is 42.5 Å². The highest BCUT2D eigenvalue weighted by Crippen LogP contribution is 2.19. The molecule has 0 spiro atoms. The molecule has 0 fully saturated rings. The third kappa shape index (κ3) is 6.53. The number of carbonyl (C=O) groups is 2. The average Bonchev–Trinajstić information content (AvgIpc) is 2.67. The monoisotopic (exact) mass is 390 g/mol. The molecule has 0 aliphatic rings. The Morgan fingerprint density at radius 3 is 2.56 bits per heavy atom. The van der Waals surface area contributed by atoms with E-state index < -0.39 is 28.2 Å². The first-order valence-electron chi connectivity index (χ1n) is 9.15. The summed E-state index contributed by atoms with van der Waals surface area (Å²) in [6, 6.07) is 13.3. The van der Waals surface area contributed by atoms with Crippen molar-refractivity contribution in [1.29, 1.82) is 0 Å². The highest BCUT2D eigenvalue weighted by atomic mass is 32.2. The first kappa shape index (κ1) is 21.2. The van der Waals surface area contributed by atoms with Gasteiger partial charge in [0.25, 0.3) is 11.8 Å². The van der Waals surface area contributed by atoms with Gasteiger partial charge in [0.05, 0.1) is 0 Å². The van der Waals surface area contributed by atoms with E-state index in [0.29, 0.717) is 12.1 Å². The standard InChI is InChI=1S/C20H26N2O4S/c1-2-3-4-5-10-18(20(24)22-25)27(26)14-19(23)21-17-12-11-15-8-6-7-9-16(15)13-17/h6-9,11-13,18,25H,2-5,10,14H2,1H3,(H,21,23)(H,22,24). The van der Waals surface area contributed by atoms with Gasteiger partial charge in [-0.05, 0) is 40.5 Å². The maximum atomic E-state index is 12.5. The first-order chi connectivity index (χ1) is 13.0. The molecule has 7 heteroatoms. The molecule has 2 atom stereocenters. The van der Waals surface area contributed by atoms with Crippen molar-refractivity contribution in [3.05, 3.63) is 42.5 Å². The van der Waals surface area contributed by atoms with Gasteiger partial charge in [0.1, 0.15) is 0 Å². The van der Waals surface area contributed by atoms with Gasteiger partial charge in [-0.1, -0.05) is 56.5 Å². The van der Waals surface area contributed by atoms with E-state index in [1.807, 2.05) is 36.4 Å². The van der Waals surface area contributed by atoms with E-state index in [1.54, 1.807) is 11.5 Å². The number of unbranched alkanes of at least 4 members (excludes halogenated alkanes) is 3. The molecule has 2 aromatic rings. The molecule has 2 unspecified atom stereocenters. The lowest BCUT2D eigenvalue weighted by atomic mass is 10.1. The lowest BCUT2D eigenvalue weighted by Crippen LogP contribution is -2.41. The molecule has 2 aromatic carbocycles. The molecule has 146 valence electrons. The van der Waals surface area contributed by atoms with Gasteiger partial charge in [-0.3, -0.25) is 14.8 Å². The quantitative estimate of drug-likeness (QED) is 0.250. The fourth-order valence-corrected chi connectivity index (χ4v) is 4.16. The van der Waals surface area contributed by atoms with Gasteiger partial charge >= 0.3 is 0 Å². The Hall–Kier alpha value is -2.09. The third-order valence-corrected chi connectivity index (χ3v) is 5.98. The number of amides is 2. The van der Waals surface area contributed by atoms with Crippen molar-refractivity contribution in [1.82, 2.24) is 5.48 Å². The second-order valence-corrected chi connectivity index (χ2v) is 8.07. The second kappa shape index (κ2) is 10.9. The lowest BCUT2D eigenvalue weighted by Gasteiger charge is -2.19. The number of hydrogen-bond donors (Lipinski definition) is 3. The van der Waals surface area contributed by atoms with Crippen LogP contribution in [-0.2, 0) is 20.8 Å². The minimum absolute atomic E-state index is 0.293. The molecule has 0 aliphatic carbocycles. The van der Waals surface area contributed by atoms with E-state index in [-0.39, 0.29) is 5.75 Å². The number of benzene rings is 2. The fraction of sp³-hybridized carbons (Fsp3) is 0.400. The molecule has 6 nitrogen and oxygen atoms in total. The van der Waals surface area contributed by atoms with E-state index in [4.69, 9.17) is 5.21 Å². The highest BCUT2D eigenvalue weighted by Gasteiger charge is 2.31. The van der Waals surface area contributed by atoms with Gasteiger partial charge < -0.3 is 9.87 Å². The molecule has 2 amide bonds. The zero-order chi connectivity index (χ0) is 19.6. The minimum Gasteiger partial charge on any atom is -0.615 e. The molecule has 0 saturated carbocycles. The van der Waals surface area contributed by atoms with Gasteiger partial charge in [-0.25, -0.2) is 5.48 Å². The van der Waals surface area contributed by atoms with Gasteiger partial charge in [0.2, 0.25) is 0 Å². The summed E-state index contributed by atoms with van der Waals surface area (Å²) in [6.45, 7) is 2.08. The van der Waals surface area contributed by atoms with Crippen LogP contribution in [0, 0.1) is 0 Å². The van der Waals surface area contributed by atoms with E-state index in [9.17, 15) is 14.1 Å². The maximum Gasteiger partial charge on any atom is 0.296 e. The van der Waals surface area contributed by atoms with Gasteiger partial charge in [-0.15, -0.1) is 0 Å². The topological polar surface area (TPSA) is 101 Å². The van der Waals surface area contributed by atoms with Crippen LogP contribution in [-0.4, -0.2) is 32.6 Å². The van der Waals surface area contributed by atoms with Crippen LogP contribution in [0.25, 0.3) is 10.8 Å². The summed E-state index contributed by atoms with van der Waals surface area (Å²) >= 11 is -1.71. The van der Waals surface area contributed by atoms with Gasteiger partial charge in [0.15, 0.2) is 11.0 Å². The third-order valence-electron chi connectivity index (χ3n) is 4.35. The Morgan fingerprint density at radius 1 is 1.11 bits per heavy atom. The normalized spacial score (nSPS) is 13.1. The molecular weight excluding hydrogens is 364 g/mol. The summed E-state index contributed by atoms with van der Waals surface area (Å²) in [6.07, 6.45) is 4.11. The Bertz CT molecular complexity index is 768. The molecule has 27 heavy (non-hydrogen) atoms. The molecule has 0 aromatic heterocycles. The number of rotatable bonds is 10. The number of carbonyl (C=O) groups excluding carboxylic acids is 2. The number of fused-ring (bicyclic) bond motifs is 1.